The molecule has 2 aliphatic heterocycles. The Kier molecular flexibility index (Phi) is 7.38. The monoisotopic (exact) mass is 403 g/mol. The summed E-state index contributed by atoms with van der Waals surface area (Å²) in [7, 11) is 1.76. The number of ether oxygens (including phenoxy) is 1. The van der Waals surface area contributed by atoms with Crippen molar-refractivity contribution in [3.05, 3.63) is 29.8 Å². The van der Waals surface area contributed by atoms with Crippen LogP contribution in [-0.2, 0) is 4.79 Å². The molecule has 2 atom stereocenters. The SMILES string of the molecule is CN(C(=O)C1CCCN1C(=O)c1ccccc1OC(F)F)C1CCNC1.Cl. The number of alkyl halides is 2. The van der Waals surface area contributed by atoms with E-state index in [2.05, 4.69) is 10.1 Å². The van der Waals surface area contributed by atoms with Crippen LogP contribution < -0.4 is 10.1 Å². The van der Waals surface area contributed by atoms with Gasteiger partial charge in [0.1, 0.15) is 11.8 Å². The van der Waals surface area contributed by atoms with E-state index in [0.29, 0.717) is 19.4 Å². The number of hydrogen-bond donors (Lipinski definition) is 1. The second-order valence-corrected chi connectivity index (χ2v) is 6.63. The van der Waals surface area contributed by atoms with Crippen LogP contribution in [0.15, 0.2) is 24.3 Å². The molecular weight excluding hydrogens is 380 g/mol. The van der Waals surface area contributed by atoms with Crippen molar-refractivity contribution < 1.29 is 23.1 Å². The van der Waals surface area contributed by atoms with Gasteiger partial charge < -0.3 is 19.9 Å². The number of rotatable bonds is 5. The highest BCUT2D eigenvalue weighted by molar-refractivity contribution is 6.00. The maximum Gasteiger partial charge on any atom is 0.387 e. The molecule has 2 amide bonds. The first kappa shape index (κ1) is 21.4. The first-order valence-electron chi connectivity index (χ1n) is 8.81. The number of amides is 2. The number of nitrogens with zero attached hydrogens (tertiary/aromatic N) is 2. The van der Waals surface area contributed by atoms with Crippen molar-refractivity contribution >= 4 is 24.2 Å². The highest BCUT2D eigenvalue weighted by atomic mass is 35.5. The van der Waals surface area contributed by atoms with Gasteiger partial charge in [0.05, 0.1) is 5.56 Å². The number of likely N-dealkylation sites (N-methyl/N-ethyl adjacent to an activating group) is 1. The van der Waals surface area contributed by atoms with Crippen molar-refractivity contribution in [3.8, 4) is 5.75 Å². The zero-order chi connectivity index (χ0) is 18.7. The molecule has 27 heavy (non-hydrogen) atoms. The number of benzene rings is 1. The van der Waals surface area contributed by atoms with E-state index < -0.39 is 18.6 Å². The van der Waals surface area contributed by atoms with Crippen LogP contribution in [0.3, 0.4) is 0 Å². The van der Waals surface area contributed by atoms with Crippen LogP contribution in [0, 0.1) is 0 Å². The van der Waals surface area contributed by atoms with Crippen molar-refractivity contribution in [2.24, 2.45) is 0 Å². The molecule has 2 unspecified atom stereocenters. The summed E-state index contributed by atoms with van der Waals surface area (Å²) in [4.78, 5) is 29.0. The fourth-order valence-electron chi connectivity index (χ4n) is 3.65. The standard InChI is InChI=1S/C18H23F2N3O3.ClH/c1-22(12-8-9-21-11-12)17(25)14-6-4-10-23(14)16(24)13-5-2-3-7-15(13)26-18(19)20;/h2-3,5,7,12,14,18,21H,4,6,8-11H2,1H3;1H. The van der Waals surface area contributed by atoms with Gasteiger partial charge in [0.2, 0.25) is 5.91 Å². The fourth-order valence-corrected chi connectivity index (χ4v) is 3.65. The summed E-state index contributed by atoms with van der Waals surface area (Å²) < 4.78 is 29.7. The number of nitrogens with one attached hydrogen (secondary N) is 1. The molecule has 1 aromatic carbocycles. The van der Waals surface area contributed by atoms with Gasteiger partial charge in [-0.2, -0.15) is 8.78 Å². The van der Waals surface area contributed by atoms with E-state index in [-0.39, 0.29) is 35.7 Å². The molecule has 150 valence electrons. The van der Waals surface area contributed by atoms with Gasteiger partial charge in [0, 0.05) is 26.2 Å². The Bertz CT molecular complexity index is 671. The van der Waals surface area contributed by atoms with Gasteiger partial charge in [0.25, 0.3) is 5.91 Å². The summed E-state index contributed by atoms with van der Waals surface area (Å²) in [5.74, 6) is -0.717. The Balaban J connectivity index is 0.00000261. The van der Waals surface area contributed by atoms with E-state index in [0.717, 1.165) is 19.5 Å². The smallest absolute Gasteiger partial charge is 0.387 e. The van der Waals surface area contributed by atoms with Crippen LogP contribution in [0.2, 0.25) is 0 Å². The zero-order valence-electron chi connectivity index (χ0n) is 15.1. The highest BCUT2D eigenvalue weighted by Crippen LogP contribution is 2.27. The molecule has 2 saturated heterocycles. The third kappa shape index (κ3) is 4.68. The Hall–Kier alpha value is -1.93. The molecule has 0 bridgehead atoms. The molecule has 2 heterocycles. The predicted octanol–water partition coefficient (Wildman–Crippen LogP) is 2.13. The van der Waals surface area contributed by atoms with E-state index in [1.807, 2.05) is 0 Å². The Morgan fingerprint density at radius 2 is 2.04 bits per heavy atom. The minimum Gasteiger partial charge on any atom is -0.434 e. The third-order valence-electron chi connectivity index (χ3n) is 5.06. The Morgan fingerprint density at radius 3 is 2.70 bits per heavy atom. The summed E-state index contributed by atoms with van der Waals surface area (Å²) in [6, 6.07) is 5.46. The lowest BCUT2D eigenvalue weighted by molar-refractivity contribution is -0.135. The molecule has 6 nitrogen and oxygen atoms in total. The molecule has 0 aromatic heterocycles. The minimum atomic E-state index is -3.01. The Morgan fingerprint density at radius 1 is 1.30 bits per heavy atom. The highest BCUT2D eigenvalue weighted by Gasteiger charge is 2.38. The van der Waals surface area contributed by atoms with Crippen molar-refractivity contribution in [1.82, 2.24) is 15.1 Å². The molecule has 0 aliphatic carbocycles. The lowest BCUT2D eigenvalue weighted by Gasteiger charge is -2.31. The summed E-state index contributed by atoms with van der Waals surface area (Å²) in [6.07, 6.45) is 2.16. The average Bonchev–Trinajstić information content (AvgIpc) is 3.31. The predicted molar refractivity (Wildman–Crippen MR) is 98.4 cm³/mol. The van der Waals surface area contributed by atoms with Crippen molar-refractivity contribution in [2.45, 2.75) is 38.0 Å². The lowest BCUT2D eigenvalue weighted by Crippen LogP contribution is -2.50. The maximum absolute atomic E-state index is 12.9. The molecule has 3 rings (SSSR count). The number of hydrogen-bond acceptors (Lipinski definition) is 4. The minimum absolute atomic E-state index is 0. The molecule has 2 aliphatic rings. The molecule has 0 radical (unpaired) electrons. The third-order valence-corrected chi connectivity index (χ3v) is 5.06. The normalized spacial score (nSPS) is 21.9. The fraction of sp³-hybridized carbons (Fsp3) is 0.556. The summed E-state index contributed by atoms with van der Waals surface area (Å²) in [5, 5.41) is 3.22. The second-order valence-electron chi connectivity index (χ2n) is 6.63. The quantitative estimate of drug-likeness (QED) is 0.818. The number of halogens is 3. The van der Waals surface area contributed by atoms with Crippen LogP contribution in [0.25, 0.3) is 0 Å². The van der Waals surface area contributed by atoms with Gasteiger partial charge >= 0.3 is 6.61 Å². The number of para-hydroxylation sites is 1. The van der Waals surface area contributed by atoms with Crippen molar-refractivity contribution in [2.75, 3.05) is 26.7 Å². The average molecular weight is 404 g/mol. The van der Waals surface area contributed by atoms with Crippen LogP contribution in [0.5, 0.6) is 5.75 Å². The molecule has 1 aromatic rings. The lowest BCUT2D eigenvalue weighted by atomic mass is 10.1. The van der Waals surface area contributed by atoms with E-state index in [1.165, 1.54) is 23.1 Å². The molecule has 9 heteroatoms. The Labute approximate surface area is 163 Å². The first-order chi connectivity index (χ1) is 12.5. The largest absolute Gasteiger partial charge is 0.434 e. The van der Waals surface area contributed by atoms with Gasteiger partial charge in [-0.1, -0.05) is 12.1 Å². The molecule has 0 spiro atoms. The van der Waals surface area contributed by atoms with E-state index in [1.54, 1.807) is 18.0 Å². The van der Waals surface area contributed by atoms with Gasteiger partial charge in [-0.15, -0.1) is 12.4 Å². The summed E-state index contributed by atoms with van der Waals surface area (Å²) in [6.45, 7) is -0.974. The van der Waals surface area contributed by atoms with Crippen LogP contribution in [0.4, 0.5) is 8.78 Å². The maximum atomic E-state index is 12.9. The van der Waals surface area contributed by atoms with Crippen LogP contribution in [0.1, 0.15) is 29.6 Å². The van der Waals surface area contributed by atoms with E-state index in [4.69, 9.17) is 0 Å². The zero-order valence-corrected chi connectivity index (χ0v) is 15.9. The van der Waals surface area contributed by atoms with Crippen LogP contribution >= 0.6 is 12.4 Å². The molecule has 0 saturated carbocycles. The summed E-state index contributed by atoms with van der Waals surface area (Å²) >= 11 is 0. The number of carbonyl (C=O) groups is 2. The first-order valence-corrected chi connectivity index (χ1v) is 8.81. The summed E-state index contributed by atoms with van der Waals surface area (Å²) in [5.41, 5.74) is 0.0534. The topological polar surface area (TPSA) is 61.9 Å². The molecule has 2 fully saturated rings. The van der Waals surface area contributed by atoms with Gasteiger partial charge in [-0.25, -0.2) is 0 Å². The van der Waals surface area contributed by atoms with Crippen molar-refractivity contribution in [1.29, 1.82) is 0 Å². The van der Waals surface area contributed by atoms with Crippen molar-refractivity contribution in [3.63, 3.8) is 0 Å². The van der Waals surface area contributed by atoms with Gasteiger partial charge in [-0.3, -0.25) is 9.59 Å². The number of carbonyl (C=O) groups excluding carboxylic acids is 2. The molecule has 1 N–H and O–H groups in total. The van der Waals surface area contributed by atoms with Crippen LogP contribution in [-0.4, -0.2) is 67.0 Å². The van der Waals surface area contributed by atoms with E-state index >= 15 is 0 Å². The molecular formula is C18H24ClF2N3O3. The van der Waals surface area contributed by atoms with Gasteiger partial charge in [-0.05, 0) is 37.9 Å². The second kappa shape index (κ2) is 9.32. The number of likely N-dealkylation sites (tertiary alicyclic amines) is 1. The van der Waals surface area contributed by atoms with E-state index in [9.17, 15) is 18.4 Å². The van der Waals surface area contributed by atoms with Gasteiger partial charge in [0.15, 0.2) is 0 Å².